The average molecular weight is 336 g/mol. The third-order valence-electron chi connectivity index (χ3n) is 3.50. The van der Waals surface area contributed by atoms with Crippen LogP contribution in [0, 0.1) is 11.3 Å². The van der Waals surface area contributed by atoms with Crippen LogP contribution in [0.1, 0.15) is 30.4 Å². The number of benzene rings is 1. The van der Waals surface area contributed by atoms with Crippen LogP contribution in [0.25, 0.3) is 0 Å². The van der Waals surface area contributed by atoms with Gasteiger partial charge in [-0.3, -0.25) is 4.79 Å². The van der Waals surface area contributed by atoms with Crippen molar-refractivity contribution in [1.29, 1.82) is 5.26 Å². The lowest BCUT2D eigenvalue weighted by Gasteiger charge is -2.26. The number of anilines is 1. The molecule has 0 unspecified atom stereocenters. The standard InChI is InChI=1S/C14H10F6N2O/c15-13(16,17)6-10-3-4-12(23)22(10)9-2-1-8(7-21)11(5-9)14(18,19)20/h1-2,5,10H,3-4,6H2/t10-/m1/s1. The molecular weight excluding hydrogens is 326 g/mol. The molecule has 124 valence electrons. The smallest absolute Gasteiger partial charge is 0.309 e. The van der Waals surface area contributed by atoms with Crippen molar-refractivity contribution in [3.63, 3.8) is 0 Å². The summed E-state index contributed by atoms with van der Waals surface area (Å²) >= 11 is 0. The highest BCUT2D eigenvalue weighted by Gasteiger charge is 2.41. The maximum Gasteiger partial charge on any atom is 0.417 e. The van der Waals surface area contributed by atoms with Crippen molar-refractivity contribution in [3.05, 3.63) is 29.3 Å². The van der Waals surface area contributed by atoms with E-state index in [4.69, 9.17) is 5.26 Å². The van der Waals surface area contributed by atoms with Crippen molar-refractivity contribution in [2.24, 2.45) is 0 Å². The summed E-state index contributed by atoms with van der Waals surface area (Å²) in [7, 11) is 0. The monoisotopic (exact) mass is 336 g/mol. The number of carbonyl (C=O) groups is 1. The summed E-state index contributed by atoms with van der Waals surface area (Å²) < 4.78 is 76.4. The Morgan fingerprint density at radius 2 is 1.87 bits per heavy atom. The normalized spacial score (nSPS) is 19.1. The highest BCUT2D eigenvalue weighted by atomic mass is 19.4. The Hall–Kier alpha value is -2.24. The largest absolute Gasteiger partial charge is 0.417 e. The fourth-order valence-corrected chi connectivity index (χ4v) is 2.57. The molecule has 0 radical (unpaired) electrons. The zero-order valence-electron chi connectivity index (χ0n) is 11.5. The van der Waals surface area contributed by atoms with Crippen molar-refractivity contribution >= 4 is 11.6 Å². The van der Waals surface area contributed by atoms with Crippen LogP contribution in [0.2, 0.25) is 0 Å². The molecule has 23 heavy (non-hydrogen) atoms. The Kier molecular flexibility index (Phi) is 4.28. The van der Waals surface area contributed by atoms with E-state index in [9.17, 15) is 31.1 Å². The Morgan fingerprint density at radius 3 is 2.39 bits per heavy atom. The van der Waals surface area contributed by atoms with Crippen LogP contribution in [-0.2, 0) is 11.0 Å². The van der Waals surface area contributed by atoms with Gasteiger partial charge in [0.1, 0.15) is 0 Å². The third kappa shape index (κ3) is 3.75. The van der Waals surface area contributed by atoms with E-state index in [0.717, 1.165) is 17.0 Å². The van der Waals surface area contributed by atoms with Gasteiger partial charge in [0.25, 0.3) is 0 Å². The van der Waals surface area contributed by atoms with Crippen LogP contribution in [0.5, 0.6) is 0 Å². The highest BCUT2D eigenvalue weighted by molar-refractivity contribution is 5.96. The molecule has 0 N–H and O–H groups in total. The maximum absolute atomic E-state index is 12.9. The van der Waals surface area contributed by atoms with Crippen molar-refractivity contribution in [1.82, 2.24) is 0 Å². The molecule has 1 aromatic rings. The summed E-state index contributed by atoms with van der Waals surface area (Å²) in [6.07, 6.45) is -10.9. The van der Waals surface area contributed by atoms with E-state index >= 15 is 0 Å². The molecular formula is C14H10F6N2O. The molecule has 1 amide bonds. The number of rotatable bonds is 2. The van der Waals surface area contributed by atoms with Crippen LogP contribution in [0.4, 0.5) is 32.0 Å². The number of nitrogens with zero attached hydrogens (tertiary/aromatic N) is 2. The number of nitriles is 1. The Balaban J connectivity index is 2.44. The third-order valence-corrected chi connectivity index (χ3v) is 3.50. The number of halogens is 6. The van der Waals surface area contributed by atoms with Gasteiger partial charge < -0.3 is 4.90 Å². The Bertz CT molecular complexity index is 659. The van der Waals surface area contributed by atoms with Crippen molar-refractivity contribution in [2.75, 3.05) is 4.90 Å². The molecule has 0 aliphatic carbocycles. The minimum atomic E-state index is -4.84. The number of alkyl halides is 6. The van der Waals surface area contributed by atoms with Crippen LogP contribution >= 0.6 is 0 Å². The van der Waals surface area contributed by atoms with Crippen LogP contribution in [0.3, 0.4) is 0 Å². The number of amides is 1. The van der Waals surface area contributed by atoms with E-state index in [2.05, 4.69) is 0 Å². The summed E-state index contributed by atoms with van der Waals surface area (Å²) in [5.74, 6) is -0.669. The predicted molar refractivity (Wildman–Crippen MR) is 67.3 cm³/mol. The van der Waals surface area contributed by atoms with Gasteiger partial charge in [0.2, 0.25) is 5.91 Å². The van der Waals surface area contributed by atoms with E-state index < -0.39 is 41.8 Å². The Labute approximate surface area is 127 Å². The van der Waals surface area contributed by atoms with Crippen molar-refractivity contribution < 1.29 is 31.1 Å². The first-order valence-corrected chi connectivity index (χ1v) is 6.53. The van der Waals surface area contributed by atoms with Gasteiger partial charge in [-0.1, -0.05) is 0 Å². The summed E-state index contributed by atoms with van der Waals surface area (Å²) in [5.41, 5.74) is -2.21. The zero-order valence-corrected chi connectivity index (χ0v) is 11.5. The molecule has 1 saturated heterocycles. The van der Waals surface area contributed by atoms with Crippen LogP contribution < -0.4 is 4.90 Å². The molecule has 1 atom stereocenters. The molecule has 3 nitrogen and oxygen atoms in total. The molecule has 1 aliphatic rings. The van der Waals surface area contributed by atoms with Crippen LogP contribution in [-0.4, -0.2) is 18.1 Å². The molecule has 9 heteroatoms. The summed E-state index contributed by atoms with van der Waals surface area (Å²) in [6, 6.07) is 2.60. The minimum absolute atomic E-state index is 0.0836. The molecule has 1 aromatic carbocycles. The molecule has 2 rings (SSSR count). The summed E-state index contributed by atoms with van der Waals surface area (Å²) in [5, 5.41) is 8.72. The second-order valence-electron chi connectivity index (χ2n) is 5.11. The molecule has 0 spiro atoms. The second kappa shape index (κ2) is 5.76. The summed E-state index contributed by atoms with van der Waals surface area (Å²) in [4.78, 5) is 12.5. The lowest BCUT2D eigenvalue weighted by atomic mass is 10.1. The van der Waals surface area contributed by atoms with Gasteiger partial charge in [-0.15, -0.1) is 0 Å². The maximum atomic E-state index is 12.9. The fraction of sp³-hybridized carbons (Fsp3) is 0.429. The van der Waals surface area contributed by atoms with Gasteiger partial charge in [-0.05, 0) is 24.6 Å². The Morgan fingerprint density at radius 1 is 1.22 bits per heavy atom. The van der Waals surface area contributed by atoms with Crippen molar-refractivity contribution in [3.8, 4) is 6.07 Å². The lowest BCUT2D eigenvalue weighted by Crippen LogP contribution is -2.36. The van der Waals surface area contributed by atoms with Gasteiger partial charge in [0.15, 0.2) is 0 Å². The van der Waals surface area contributed by atoms with Gasteiger partial charge in [0.05, 0.1) is 23.6 Å². The molecule has 0 aromatic heterocycles. The van der Waals surface area contributed by atoms with Crippen molar-refractivity contribution in [2.45, 2.75) is 37.7 Å². The lowest BCUT2D eigenvalue weighted by molar-refractivity contribution is -0.139. The van der Waals surface area contributed by atoms with E-state index in [0.29, 0.717) is 6.07 Å². The van der Waals surface area contributed by atoms with Crippen LogP contribution in [0.15, 0.2) is 18.2 Å². The minimum Gasteiger partial charge on any atom is -0.309 e. The predicted octanol–water partition coefficient (Wildman–Crippen LogP) is 4.02. The quantitative estimate of drug-likeness (QED) is 0.766. The SMILES string of the molecule is N#Cc1ccc(N2C(=O)CC[C@@H]2CC(F)(F)F)cc1C(F)(F)F. The van der Waals surface area contributed by atoms with E-state index in [1.165, 1.54) is 6.07 Å². The van der Waals surface area contributed by atoms with E-state index in [1.54, 1.807) is 0 Å². The van der Waals surface area contributed by atoms with Gasteiger partial charge in [0, 0.05) is 18.2 Å². The van der Waals surface area contributed by atoms with Gasteiger partial charge in [-0.2, -0.15) is 31.6 Å². The molecule has 0 bridgehead atoms. The van der Waals surface area contributed by atoms with Gasteiger partial charge >= 0.3 is 12.4 Å². The summed E-state index contributed by atoms with van der Waals surface area (Å²) in [6.45, 7) is 0. The van der Waals surface area contributed by atoms with Gasteiger partial charge in [-0.25, -0.2) is 0 Å². The highest BCUT2D eigenvalue weighted by Crippen LogP contribution is 2.38. The topological polar surface area (TPSA) is 44.1 Å². The number of carbonyl (C=O) groups excluding carboxylic acids is 1. The second-order valence-corrected chi connectivity index (χ2v) is 5.11. The fourth-order valence-electron chi connectivity index (χ4n) is 2.57. The van der Waals surface area contributed by atoms with E-state index in [1.807, 2.05) is 0 Å². The number of hydrogen-bond acceptors (Lipinski definition) is 2. The first kappa shape index (κ1) is 17.1. The zero-order chi connectivity index (χ0) is 17.4. The molecule has 1 aliphatic heterocycles. The molecule has 1 heterocycles. The molecule has 0 saturated carbocycles. The number of hydrogen-bond donors (Lipinski definition) is 0. The molecule has 1 fully saturated rings. The first-order chi connectivity index (χ1) is 10.5. The van der Waals surface area contributed by atoms with E-state index in [-0.39, 0.29) is 18.5 Å². The average Bonchev–Trinajstić information content (AvgIpc) is 2.76. The first-order valence-electron chi connectivity index (χ1n) is 6.53.